The lowest BCUT2D eigenvalue weighted by Crippen LogP contribution is -2.48. The van der Waals surface area contributed by atoms with Gasteiger partial charge >= 0.3 is 6.09 Å². The highest BCUT2D eigenvalue weighted by atomic mass is 16.4. The fourth-order valence-corrected chi connectivity index (χ4v) is 1.84. The van der Waals surface area contributed by atoms with Gasteiger partial charge in [0.1, 0.15) is 6.04 Å². The number of likely N-dealkylation sites (tertiary alicyclic amines) is 1. The van der Waals surface area contributed by atoms with Crippen LogP contribution in [0, 0.1) is 5.41 Å². The number of carbonyl (C=O) groups is 2. The van der Waals surface area contributed by atoms with Crippen molar-refractivity contribution >= 4 is 12.0 Å². The fourth-order valence-electron chi connectivity index (χ4n) is 1.84. The van der Waals surface area contributed by atoms with Crippen molar-refractivity contribution in [2.24, 2.45) is 11.1 Å². The Hall–Kier alpha value is -1.26. The van der Waals surface area contributed by atoms with Crippen LogP contribution in [0.15, 0.2) is 0 Å². The van der Waals surface area contributed by atoms with E-state index in [9.17, 15) is 9.59 Å². The van der Waals surface area contributed by atoms with Gasteiger partial charge in [-0.25, -0.2) is 4.79 Å². The van der Waals surface area contributed by atoms with Crippen molar-refractivity contribution in [1.82, 2.24) is 4.90 Å². The molecule has 1 heterocycles. The number of amides is 2. The molecule has 0 unspecified atom stereocenters. The first kappa shape index (κ1) is 9.83. The van der Waals surface area contributed by atoms with Crippen molar-refractivity contribution in [2.75, 3.05) is 6.54 Å². The minimum atomic E-state index is -1.07. The Morgan fingerprint density at radius 1 is 1.54 bits per heavy atom. The van der Waals surface area contributed by atoms with Crippen molar-refractivity contribution in [3.05, 3.63) is 0 Å². The van der Waals surface area contributed by atoms with E-state index in [0.29, 0.717) is 13.0 Å². The molecule has 5 nitrogen and oxygen atoms in total. The van der Waals surface area contributed by atoms with Gasteiger partial charge in [0.25, 0.3) is 0 Å². The zero-order valence-corrected chi connectivity index (χ0v) is 7.78. The summed E-state index contributed by atoms with van der Waals surface area (Å²) in [5.41, 5.74) is 4.81. The van der Waals surface area contributed by atoms with Crippen LogP contribution in [0.4, 0.5) is 4.79 Å². The third kappa shape index (κ3) is 1.59. The molecule has 1 atom stereocenters. The summed E-state index contributed by atoms with van der Waals surface area (Å²) in [7, 11) is 0. The first-order valence-corrected chi connectivity index (χ1v) is 4.15. The minimum absolute atomic E-state index is 0.343. The van der Waals surface area contributed by atoms with Crippen molar-refractivity contribution in [3.63, 3.8) is 0 Å². The molecule has 1 rings (SSSR count). The lowest BCUT2D eigenvalue weighted by molar-refractivity contribution is -0.124. The normalized spacial score (nSPS) is 26.0. The maximum Gasteiger partial charge on any atom is 0.407 e. The van der Waals surface area contributed by atoms with E-state index in [1.807, 2.05) is 13.8 Å². The Labute approximate surface area is 76.5 Å². The van der Waals surface area contributed by atoms with Gasteiger partial charge in [0, 0.05) is 6.54 Å². The Balaban J connectivity index is 2.92. The maximum atomic E-state index is 11.0. The second-order valence-corrected chi connectivity index (χ2v) is 4.02. The number of primary amides is 1. The lowest BCUT2D eigenvalue weighted by Gasteiger charge is -2.27. The Morgan fingerprint density at radius 2 is 2.08 bits per heavy atom. The highest BCUT2D eigenvalue weighted by Gasteiger charge is 2.46. The van der Waals surface area contributed by atoms with Crippen LogP contribution in [0.3, 0.4) is 0 Å². The van der Waals surface area contributed by atoms with E-state index in [4.69, 9.17) is 10.8 Å². The van der Waals surface area contributed by atoms with Gasteiger partial charge in [-0.3, -0.25) is 9.69 Å². The number of rotatable bonds is 1. The van der Waals surface area contributed by atoms with E-state index in [1.165, 1.54) is 0 Å². The zero-order chi connectivity index (χ0) is 10.2. The van der Waals surface area contributed by atoms with E-state index in [0.717, 1.165) is 4.90 Å². The first-order chi connectivity index (χ1) is 5.86. The average molecular weight is 186 g/mol. The third-order valence-corrected chi connectivity index (χ3v) is 2.56. The highest BCUT2D eigenvalue weighted by Crippen LogP contribution is 2.35. The highest BCUT2D eigenvalue weighted by molar-refractivity contribution is 5.85. The van der Waals surface area contributed by atoms with Gasteiger partial charge in [0.15, 0.2) is 0 Å². The minimum Gasteiger partial charge on any atom is -0.465 e. The molecule has 3 N–H and O–H groups in total. The first-order valence-electron chi connectivity index (χ1n) is 4.15. The number of carboxylic acid groups (broad SMARTS) is 1. The molecule has 0 aliphatic carbocycles. The molecule has 0 aromatic heterocycles. The van der Waals surface area contributed by atoms with Crippen LogP contribution in [0.25, 0.3) is 0 Å². The van der Waals surface area contributed by atoms with Crippen LogP contribution in [-0.4, -0.2) is 34.6 Å². The summed E-state index contributed by atoms with van der Waals surface area (Å²) in [4.78, 5) is 22.9. The van der Waals surface area contributed by atoms with Crippen LogP contribution in [-0.2, 0) is 4.79 Å². The van der Waals surface area contributed by atoms with Crippen LogP contribution in [0.1, 0.15) is 20.3 Å². The summed E-state index contributed by atoms with van der Waals surface area (Å²) in [6.45, 7) is 4.09. The van der Waals surface area contributed by atoms with Gasteiger partial charge < -0.3 is 10.8 Å². The Morgan fingerprint density at radius 3 is 2.38 bits per heavy atom. The molecule has 0 radical (unpaired) electrons. The monoisotopic (exact) mass is 186 g/mol. The van der Waals surface area contributed by atoms with Crippen LogP contribution in [0.5, 0.6) is 0 Å². The van der Waals surface area contributed by atoms with Crippen LogP contribution >= 0.6 is 0 Å². The average Bonchev–Trinajstić information content (AvgIpc) is 2.24. The van der Waals surface area contributed by atoms with E-state index < -0.39 is 18.0 Å². The van der Waals surface area contributed by atoms with Crippen molar-refractivity contribution in [1.29, 1.82) is 0 Å². The molecular weight excluding hydrogens is 172 g/mol. The third-order valence-electron chi connectivity index (χ3n) is 2.56. The number of carbonyl (C=O) groups excluding carboxylic acids is 1. The number of nitrogens with two attached hydrogens (primary N) is 1. The number of hydrogen-bond donors (Lipinski definition) is 2. The molecule has 1 aliphatic rings. The smallest absolute Gasteiger partial charge is 0.407 e. The van der Waals surface area contributed by atoms with Gasteiger partial charge in [-0.2, -0.15) is 0 Å². The molecule has 1 aliphatic heterocycles. The standard InChI is InChI=1S/C8H14N2O3/c1-8(2)3-4-10(7(12)13)5(8)6(9)11/h5H,3-4H2,1-2H3,(H2,9,11)(H,12,13)/t5-/m1/s1. The fraction of sp³-hybridized carbons (Fsp3) is 0.750. The summed E-state index contributed by atoms with van der Waals surface area (Å²) >= 11 is 0. The summed E-state index contributed by atoms with van der Waals surface area (Å²) in [6.07, 6.45) is -0.401. The molecule has 74 valence electrons. The summed E-state index contributed by atoms with van der Waals surface area (Å²) in [6, 6.07) is -0.690. The van der Waals surface area contributed by atoms with Crippen LogP contribution < -0.4 is 5.73 Å². The largest absolute Gasteiger partial charge is 0.465 e. The SMILES string of the molecule is CC1(C)CCN(C(=O)O)[C@@H]1C(N)=O. The summed E-state index contributed by atoms with van der Waals surface area (Å²) < 4.78 is 0. The molecule has 0 spiro atoms. The molecule has 5 heteroatoms. The zero-order valence-electron chi connectivity index (χ0n) is 7.78. The summed E-state index contributed by atoms with van der Waals surface area (Å²) in [5, 5.41) is 8.78. The van der Waals surface area contributed by atoms with Crippen molar-refractivity contribution in [3.8, 4) is 0 Å². The van der Waals surface area contributed by atoms with E-state index in [1.54, 1.807) is 0 Å². The topological polar surface area (TPSA) is 83.6 Å². The quantitative estimate of drug-likeness (QED) is 0.615. The van der Waals surface area contributed by atoms with Gasteiger partial charge in [-0.05, 0) is 11.8 Å². The molecule has 0 saturated carbocycles. The van der Waals surface area contributed by atoms with E-state index >= 15 is 0 Å². The molecule has 0 aromatic carbocycles. The van der Waals surface area contributed by atoms with E-state index in [-0.39, 0.29) is 5.41 Å². The number of nitrogens with zero attached hydrogens (tertiary/aromatic N) is 1. The van der Waals surface area contributed by atoms with Crippen molar-refractivity contribution in [2.45, 2.75) is 26.3 Å². The number of hydrogen-bond acceptors (Lipinski definition) is 2. The Kier molecular flexibility index (Phi) is 2.19. The lowest BCUT2D eigenvalue weighted by atomic mass is 9.84. The van der Waals surface area contributed by atoms with Gasteiger partial charge in [-0.1, -0.05) is 13.8 Å². The predicted molar refractivity (Wildman–Crippen MR) is 46.1 cm³/mol. The van der Waals surface area contributed by atoms with Gasteiger partial charge in [0.2, 0.25) is 5.91 Å². The molecule has 0 aromatic rings. The molecule has 1 fully saturated rings. The second-order valence-electron chi connectivity index (χ2n) is 4.02. The van der Waals surface area contributed by atoms with Gasteiger partial charge in [0.05, 0.1) is 0 Å². The molecule has 0 bridgehead atoms. The van der Waals surface area contributed by atoms with Crippen molar-refractivity contribution < 1.29 is 14.7 Å². The predicted octanol–water partition coefficient (Wildman–Crippen LogP) is 0.250. The molecule has 1 saturated heterocycles. The molecule has 2 amide bonds. The Bertz CT molecular complexity index is 250. The van der Waals surface area contributed by atoms with Gasteiger partial charge in [-0.15, -0.1) is 0 Å². The summed E-state index contributed by atoms with van der Waals surface area (Å²) in [5.74, 6) is -0.565. The van der Waals surface area contributed by atoms with E-state index in [2.05, 4.69) is 0 Å². The second kappa shape index (κ2) is 2.90. The maximum absolute atomic E-state index is 11.0. The molecular formula is C8H14N2O3. The van der Waals surface area contributed by atoms with Crippen LogP contribution in [0.2, 0.25) is 0 Å². The molecule has 13 heavy (non-hydrogen) atoms.